The highest BCUT2D eigenvalue weighted by molar-refractivity contribution is 7.86. The molecule has 0 fully saturated rings. The van der Waals surface area contributed by atoms with Gasteiger partial charge in [-0.3, -0.25) is 4.28 Å². The van der Waals surface area contributed by atoms with Gasteiger partial charge in [0, 0.05) is 12.1 Å². The van der Waals surface area contributed by atoms with Crippen LogP contribution in [0.5, 0.6) is 0 Å². The SMILES string of the molecule is CCCC(CCCl)CCS(=O)(=O)On1ccnc1. The molecule has 0 bridgehead atoms. The number of nitrogens with zero attached hydrogens (tertiary/aromatic N) is 2. The van der Waals surface area contributed by atoms with Crippen molar-refractivity contribution in [2.24, 2.45) is 5.92 Å². The summed E-state index contributed by atoms with van der Waals surface area (Å²) in [5.74, 6) is 0.911. The Morgan fingerprint density at radius 3 is 2.72 bits per heavy atom. The molecule has 0 aromatic carbocycles. The Morgan fingerprint density at radius 2 is 2.17 bits per heavy atom. The van der Waals surface area contributed by atoms with Crippen LogP contribution in [-0.2, 0) is 10.1 Å². The van der Waals surface area contributed by atoms with Gasteiger partial charge in [-0.2, -0.15) is 13.1 Å². The topological polar surface area (TPSA) is 61.2 Å². The Kier molecular flexibility index (Phi) is 6.49. The van der Waals surface area contributed by atoms with Gasteiger partial charge < -0.3 is 0 Å². The van der Waals surface area contributed by atoms with Crippen molar-refractivity contribution in [1.29, 1.82) is 0 Å². The molecule has 1 atom stereocenters. The Bertz CT molecular complexity index is 414. The highest BCUT2D eigenvalue weighted by Gasteiger charge is 2.17. The van der Waals surface area contributed by atoms with Crippen LogP contribution >= 0.6 is 11.6 Å². The van der Waals surface area contributed by atoms with Gasteiger partial charge in [-0.05, 0) is 18.8 Å². The number of hydrogen-bond donors (Lipinski definition) is 0. The normalized spacial score (nSPS) is 13.4. The van der Waals surface area contributed by atoms with Gasteiger partial charge in [-0.15, -0.1) is 11.6 Å². The van der Waals surface area contributed by atoms with Crippen molar-refractivity contribution >= 4 is 21.7 Å². The fourth-order valence-electron chi connectivity index (χ4n) is 1.77. The molecule has 0 amide bonds. The van der Waals surface area contributed by atoms with Gasteiger partial charge in [0.15, 0.2) is 0 Å². The summed E-state index contributed by atoms with van der Waals surface area (Å²) in [7, 11) is -3.56. The first-order valence-electron chi connectivity index (χ1n) is 6.04. The van der Waals surface area contributed by atoms with Crippen molar-refractivity contribution in [2.45, 2.75) is 32.6 Å². The van der Waals surface area contributed by atoms with E-state index in [1.54, 1.807) is 0 Å². The maximum Gasteiger partial charge on any atom is 0.327 e. The summed E-state index contributed by atoms with van der Waals surface area (Å²) in [6, 6.07) is 0. The third kappa shape index (κ3) is 5.73. The molecule has 0 radical (unpaired) electrons. The molecule has 0 aliphatic rings. The van der Waals surface area contributed by atoms with Gasteiger partial charge in [0.05, 0.1) is 11.9 Å². The Hall–Kier alpha value is -0.750. The minimum atomic E-state index is -3.56. The van der Waals surface area contributed by atoms with Crippen LogP contribution in [0.1, 0.15) is 32.6 Å². The summed E-state index contributed by atoms with van der Waals surface area (Å²) in [6.45, 7) is 2.08. The first-order valence-corrected chi connectivity index (χ1v) is 8.15. The Balaban J connectivity index is 2.44. The summed E-state index contributed by atoms with van der Waals surface area (Å²) < 4.78 is 29.3. The van der Waals surface area contributed by atoms with Crippen LogP contribution < -0.4 is 4.28 Å². The monoisotopic (exact) mass is 294 g/mol. The summed E-state index contributed by atoms with van der Waals surface area (Å²) in [4.78, 5) is 3.72. The van der Waals surface area contributed by atoms with Crippen LogP contribution in [0, 0.1) is 5.92 Å². The van der Waals surface area contributed by atoms with Crippen molar-refractivity contribution in [3.8, 4) is 0 Å². The minimum Gasteiger partial charge on any atom is -0.286 e. The van der Waals surface area contributed by atoms with Crippen molar-refractivity contribution in [3.63, 3.8) is 0 Å². The van der Waals surface area contributed by atoms with Crippen LogP contribution in [-0.4, -0.2) is 29.8 Å². The summed E-state index contributed by atoms with van der Waals surface area (Å²) in [5.41, 5.74) is 0. The lowest BCUT2D eigenvalue weighted by atomic mass is 9.98. The summed E-state index contributed by atoms with van der Waals surface area (Å²) in [6.07, 6.45) is 7.66. The maximum absolute atomic E-state index is 11.7. The van der Waals surface area contributed by atoms with Gasteiger partial charge in [0.25, 0.3) is 0 Å². The molecular formula is C11H19ClN2O3S. The molecule has 104 valence electrons. The van der Waals surface area contributed by atoms with E-state index in [0.29, 0.717) is 18.2 Å². The number of imidazole rings is 1. The van der Waals surface area contributed by atoms with Gasteiger partial charge >= 0.3 is 10.1 Å². The van der Waals surface area contributed by atoms with Crippen LogP contribution in [0.4, 0.5) is 0 Å². The second-order valence-corrected chi connectivity index (χ2v) is 6.23. The van der Waals surface area contributed by atoms with Crippen molar-refractivity contribution in [3.05, 3.63) is 18.7 Å². The molecule has 1 aromatic heterocycles. The first kappa shape index (κ1) is 15.3. The predicted molar refractivity (Wildman–Crippen MR) is 70.9 cm³/mol. The standard InChI is InChI=1S/C11H19ClN2O3S/c1-2-3-11(4-6-12)5-9-18(15,16)17-14-8-7-13-10-14/h7-8,10-11H,2-6,9H2,1H3. The largest absolute Gasteiger partial charge is 0.327 e. The van der Waals surface area contributed by atoms with E-state index >= 15 is 0 Å². The van der Waals surface area contributed by atoms with Crippen LogP contribution in [0.3, 0.4) is 0 Å². The number of halogens is 1. The van der Waals surface area contributed by atoms with E-state index in [1.165, 1.54) is 18.7 Å². The molecule has 0 saturated heterocycles. The lowest BCUT2D eigenvalue weighted by molar-refractivity contribution is 0.276. The minimum absolute atomic E-state index is 0.00668. The highest BCUT2D eigenvalue weighted by Crippen LogP contribution is 2.17. The maximum atomic E-state index is 11.7. The van der Waals surface area contributed by atoms with Crippen LogP contribution in [0.2, 0.25) is 0 Å². The van der Waals surface area contributed by atoms with E-state index in [1.807, 2.05) is 0 Å². The quantitative estimate of drug-likeness (QED) is 0.654. The van der Waals surface area contributed by atoms with Crippen LogP contribution in [0.15, 0.2) is 18.7 Å². The second kappa shape index (κ2) is 7.63. The zero-order valence-electron chi connectivity index (χ0n) is 10.5. The molecular weight excluding hydrogens is 276 g/mol. The second-order valence-electron chi connectivity index (χ2n) is 4.18. The fraction of sp³-hybridized carbons (Fsp3) is 0.727. The number of rotatable bonds is 9. The lowest BCUT2D eigenvalue weighted by Gasteiger charge is -2.14. The van der Waals surface area contributed by atoms with E-state index < -0.39 is 10.1 Å². The average molecular weight is 295 g/mol. The van der Waals surface area contributed by atoms with Crippen molar-refractivity contribution in [2.75, 3.05) is 11.6 Å². The number of hydrogen-bond acceptors (Lipinski definition) is 4. The van der Waals surface area contributed by atoms with Gasteiger partial charge in [-0.1, -0.05) is 19.8 Å². The smallest absolute Gasteiger partial charge is 0.286 e. The molecule has 1 unspecified atom stereocenters. The molecule has 0 saturated carbocycles. The molecule has 1 aromatic rings. The zero-order chi connectivity index (χ0) is 13.4. The molecule has 18 heavy (non-hydrogen) atoms. The van der Waals surface area contributed by atoms with E-state index in [0.717, 1.165) is 24.0 Å². The average Bonchev–Trinajstić information content (AvgIpc) is 2.79. The van der Waals surface area contributed by atoms with Gasteiger partial charge in [-0.25, -0.2) is 4.98 Å². The molecule has 1 heterocycles. The third-order valence-electron chi connectivity index (χ3n) is 2.67. The molecule has 0 spiro atoms. The van der Waals surface area contributed by atoms with E-state index in [-0.39, 0.29) is 5.75 Å². The summed E-state index contributed by atoms with van der Waals surface area (Å²) >= 11 is 5.70. The molecule has 0 aliphatic heterocycles. The Morgan fingerprint density at radius 1 is 1.39 bits per heavy atom. The molecule has 7 heteroatoms. The van der Waals surface area contributed by atoms with Gasteiger partial charge in [0.1, 0.15) is 6.33 Å². The van der Waals surface area contributed by atoms with Crippen molar-refractivity contribution in [1.82, 2.24) is 9.71 Å². The molecule has 5 nitrogen and oxygen atoms in total. The lowest BCUT2D eigenvalue weighted by Crippen LogP contribution is -2.23. The number of alkyl halides is 1. The predicted octanol–water partition coefficient (Wildman–Crippen LogP) is 2.08. The first-order chi connectivity index (χ1) is 8.57. The van der Waals surface area contributed by atoms with Gasteiger partial charge in [0.2, 0.25) is 0 Å². The molecule has 1 rings (SSSR count). The van der Waals surface area contributed by atoms with Crippen molar-refractivity contribution < 1.29 is 12.7 Å². The number of aromatic nitrogens is 2. The molecule has 0 N–H and O–H groups in total. The summed E-state index contributed by atoms with van der Waals surface area (Å²) in [5, 5.41) is 0. The highest BCUT2D eigenvalue weighted by atomic mass is 35.5. The van der Waals surface area contributed by atoms with E-state index in [9.17, 15) is 8.42 Å². The molecule has 0 aliphatic carbocycles. The Labute approximate surface area is 113 Å². The van der Waals surface area contributed by atoms with E-state index in [4.69, 9.17) is 15.9 Å². The zero-order valence-corrected chi connectivity index (χ0v) is 12.0. The van der Waals surface area contributed by atoms with E-state index in [2.05, 4.69) is 11.9 Å². The fourth-order valence-corrected chi connectivity index (χ4v) is 3.12. The van der Waals surface area contributed by atoms with Crippen LogP contribution in [0.25, 0.3) is 0 Å². The third-order valence-corrected chi connectivity index (χ3v) is 4.02.